The van der Waals surface area contributed by atoms with Gasteiger partial charge in [-0.3, -0.25) is 14.5 Å². The lowest BCUT2D eigenvalue weighted by molar-refractivity contribution is -0.117. The molecule has 5 nitrogen and oxygen atoms in total. The van der Waals surface area contributed by atoms with E-state index in [1.165, 1.54) is 23.8 Å². The van der Waals surface area contributed by atoms with Gasteiger partial charge in [-0.25, -0.2) is 4.98 Å². The minimum atomic E-state index is -0.0918. The first-order chi connectivity index (χ1) is 12.5. The van der Waals surface area contributed by atoms with E-state index in [0.717, 1.165) is 41.4 Å². The minimum Gasteiger partial charge on any atom is -0.376 e. The van der Waals surface area contributed by atoms with Crippen molar-refractivity contribution in [3.05, 3.63) is 23.8 Å². The highest BCUT2D eigenvalue weighted by Crippen LogP contribution is 2.34. The van der Waals surface area contributed by atoms with E-state index in [2.05, 4.69) is 19.9 Å². The van der Waals surface area contributed by atoms with E-state index in [1.807, 2.05) is 12.1 Å². The summed E-state index contributed by atoms with van der Waals surface area (Å²) in [5.74, 6) is 0.407. The summed E-state index contributed by atoms with van der Waals surface area (Å²) in [7, 11) is 0. The third-order valence-corrected chi connectivity index (χ3v) is 6.24. The largest absolute Gasteiger partial charge is 0.376 e. The van der Waals surface area contributed by atoms with E-state index in [1.54, 1.807) is 4.90 Å². The van der Waals surface area contributed by atoms with E-state index < -0.39 is 0 Å². The number of thioether (sulfide) groups is 1. The Hall–Kier alpha value is -1.44. The normalized spacial score (nSPS) is 17.2. The summed E-state index contributed by atoms with van der Waals surface area (Å²) < 4.78 is 6.81. The second-order valence-electron chi connectivity index (χ2n) is 6.76. The lowest BCUT2D eigenvalue weighted by Gasteiger charge is -2.22. The van der Waals surface area contributed by atoms with Gasteiger partial charge in [0.15, 0.2) is 10.2 Å². The number of rotatable bonds is 6. The zero-order valence-electron chi connectivity index (χ0n) is 15.4. The average Bonchev–Trinajstić information content (AvgIpc) is 3.25. The summed E-state index contributed by atoms with van der Waals surface area (Å²) in [6.45, 7) is 7.01. The maximum atomic E-state index is 12.8. The molecule has 0 spiro atoms. The molecule has 26 heavy (non-hydrogen) atoms. The van der Waals surface area contributed by atoms with Gasteiger partial charge < -0.3 is 4.74 Å². The highest BCUT2D eigenvalue weighted by molar-refractivity contribution is 8.14. The molecule has 0 radical (unpaired) electrons. The Labute approximate surface area is 162 Å². The highest BCUT2D eigenvalue weighted by atomic mass is 32.2. The molecule has 1 saturated heterocycles. The molecule has 1 amide bonds. The van der Waals surface area contributed by atoms with Crippen LogP contribution in [-0.4, -0.2) is 41.0 Å². The zero-order chi connectivity index (χ0) is 18.7. The molecule has 1 aliphatic heterocycles. The second kappa shape index (κ2) is 8.50. The molecule has 2 heterocycles. The number of para-hydroxylation sites is 1. The van der Waals surface area contributed by atoms with Crippen molar-refractivity contribution in [2.24, 2.45) is 0 Å². The monoisotopic (exact) mass is 392 g/mol. The quantitative estimate of drug-likeness (QED) is 0.737. The SMILES string of the molecule is CC(=O)SCC(=O)N(CC1CCCO1)c1nc2c(C(C)C)cccc2s1. The number of hydrogen-bond acceptors (Lipinski definition) is 6. The third kappa shape index (κ3) is 4.45. The summed E-state index contributed by atoms with van der Waals surface area (Å²) in [5.41, 5.74) is 2.15. The zero-order valence-corrected chi connectivity index (χ0v) is 17.0. The first-order valence-electron chi connectivity index (χ1n) is 8.90. The van der Waals surface area contributed by atoms with E-state index in [-0.39, 0.29) is 22.9 Å². The number of carbonyl (C=O) groups excluding carboxylic acids is 2. The lowest BCUT2D eigenvalue weighted by Crippen LogP contribution is -2.38. The van der Waals surface area contributed by atoms with Gasteiger partial charge in [-0.15, -0.1) is 0 Å². The third-order valence-electron chi connectivity index (χ3n) is 4.40. The van der Waals surface area contributed by atoms with Crippen LogP contribution >= 0.6 is 23.1 Å². The van der Waals surface area contributed by atoms with Crippen LogP contribution in [0.2, 0.25) is 0 Å². The molecular weight excluding hydrogens is 368 g/mol. The molecule has 0 bridgehead atoms. The number of carbonyl (C=O) groups is 2. The van der Waals surface area contributed by atoms with Crippen molar-refractivity contribution >= 4 is 49.5 Å². The van der Waals surface area contributed by atoms with E-state index in [4.69, 9.17) is 9.72 Å². The van der Waals surface area contributed by atoms with Crippen molar-refractivity contribution in [1.29, 1.82) is 0 Å². The van der Waals surface area contributed by atoms with Crippen LogP contribution in [0.15, 0.2) is 18.2 Å². The van der Waals surface area contributed by atoms with Gasteiger partial charge in [-0.2, -0.15) is 0 Å². The number of ether oxygens (including phenoxy) is 1. The number of aromatic nitrogens is 1. The predicted octanol–water partition coefficient (Wildman–Crippen LogP) is 4.21. The number of fused-ring (bicyclic) bond motifs is 1. The maximum Gasteiger partial charge on any atom is 0.239 e. The molecule has 1 aromatic heterocycles. The molecular formula is C19H24N2O3S2. The van der Waals surface area contributed by atoms with E-state index >= 15 is 0 Å². The number of amides is 1. The Morgan fingerprint density at radius 3 is 2.88 bits per heavy atom. The number of nitrogens with zero attached hydrogens (tertiary/aromatic N) is 2. The second-order valence-corrected chi connectivity index (χ2v) is 8.93. The fourth-order valence-electron chi connectivity index (χ4n) is 3.06. The van der Waals surface area contributed by atoms with Gasteiger partial charge in [-0.1, -0.05) is 49.1 Å². The van der Waals surface area contributed by atoms with Gasteiger partial charge in [0.1, 0.15) is 0 Å². The topological polar surface area (TPSA) is 59.5 Å². The Bertz CT molecular complexity index is 797. The van der Waals surface area contributed by atoms with Crippen LogP contribution in [-0.2, 0) is 14.3 Å². The number of hydrogen-bond donors (Lipinski definition) is 0. The molecule has 1 unspecified atom stereocenters. The van der Waals surface area contributed by atoms with Crippen LogP contribution in [0.25, 0.3) is 10.2 Å². The maximum absolute atomic E-state index is 12.8. The molecule has 7 heteroatoms. The summed E-state index contributed by atoms with van der Waals surface area (Å²) >= 11 is 2.57. The first kappa shape index (κ1) is 19.3. The van der Waals surface area contributed by atoms with Gasteiger partial charge >= 0.3 is 0 Å². The van der Waals surface area contributed by atoms with Crippen LogP contribution in [0.4, 0.5) is 5.13 Å². The summed E-state index contributed by atoms with van der Waals surface area (Å²) in [4.78, 5) is 30.6. The molecule has 1 fully saturated rings. The van der Waals surface area contributed by atoms with Gasteiger partial charge in [-0.05, 0) is 30.4 Å². The standard InChI is InChI=1S/C19H24N2O3S2/c1-12(2)15-7-4-8-16-18(15)20-19(26-16)21(10-14-6-5-9-24-14)17(23)11-25-13(3)22/h4,7-8,12,14H,5-6,9-11H2,1-3H3. The fourth-order valence-corrected chi connectivity index (χ4v) is 4.57. The molecule has 0 saturated carbocycles. The van der Waals surface area contributed by atoms with Gasteiger partial charge in [0.2, 0.25) is 5.91 Å². The van der Waals surface area contributed by atoms with Crippen molar-refractivity contribution in [1.82, 2.24) is 4.98 Å². The molecule has 0 aliphatic carbocycles. The van der Waals surface area contributed by atoms with Crippen LogP contribution < -0.4 is 4.90 Å². The van der Waals surface area contributed by atoms with Crippen LogP contribution in [0.1, 0.15) is 45.1 Å². The lowest BCUT2D eigenvalue weighted by atomic mass is 10.0. The van der Waals surface area contributed by atoms with Crippen molar-refractivity contribution in [3.8, 4) is 0 Å². The van der Waals surface area contributed by atoms with E-state index in [0.29, 0.717) is 17.6 Å². The Morgan fingerprint density at radius 1 is 1.42 bits per heavy atom. The molecule has 140 valence electrons. The Kier molecular flexibility index (Phi) is 6.32. The van der Waals surface area contributed by atoms with Crippen molar-refractivity contribution < 1.29 is 14.3 Å². The molecule has 3 rings (SSSR count). The number of thiazole rings is 1. The van der Waals surface area contributed by atoms with Crippen LogP contribution in [0, 0.1) is 0 Å². The van der Waals surface area contributed by atoms with Crippen molar-refractivity contribution in [2.45, 2.75) is 45.6 Å². The summed E-state index contributed by atoms with van der Waals surface area (Å²) in [6.07, 6.45) is 2.01. The van der Waals surface area contributed by atoms with Crippen LogP contribution in [0.5, 0.6) is 0 Å². The summed E-state index contributed by atoms with van der Waals surface area (Å²) in [5, 5.41) is 0.638. The van der Waals surface area contributed by atoms with Gasteiger partial charge in [0.05, 0.1) is 28.6 Å². The fraction of sp³-hybridized carbons (Fsp3) is 0.526. The highest BCUT2D eigenvalue weighted by Gasteiger charge is 2.26. The van der Waals surface area contributed by atoms with Crippen molar-refractivity contribution in [2.75, 3.05) is 23.8 Å². The predicted molar refractivity (Wildman–Crippen MR) is 108 cm³/mol. The summed E-state index contributed by atoms with van der Waals surface area (Å²) in [6, 6.07) is 6.17. The van der Waals surface area contributed by atoms with Crippen LogP contribution in [0.3, 0.4) is 0 Å². The molecule has 1 aromatic carbocycles. The minimum absolute atomic E-state index is 0.0397. The first-order valence-corrected chi connectivity index (χ1v) is 10.7. The van der Waals surface area contributed by atoms with E-state index in [9.17, 15) is 9.59 Å². The van der Waals surface area contributed by atoms with Gasteiger partial charge in [0, 0.05) is 13.5 Å². The molecule has 1 atom stereocenters. The number of benzene rings is 1. The molecule has 0 N–H and O–H groups in total. The average molecular weight is 393 g/mol. The number of anilines is 1. The van der Waals surface area contributed by atoms with Gasteiger partial charge in [0.25, 0.3) is 0 Å². The van der Waals surface area contributed by atoms with Crippen molar-refractivity contribution in [3.63, 3.8) is 0 Å². The molecule has 1 aliphatic rings. The smallest absolute Gasteiger partial charge is 0.239 e. The Morgan fingerprint density at radius 2 is 2.23 bits per heavy atom. The molecule has 2 aromatic rings. The Balaban J connectivity index is 1.92.